The average Bonchev–Trinajstić information content (AvgIpc) is 2.39. The van der Waals surface area contributed by atoms with E-state index in [2.05, 4.69) is 36.9 Å². The van der Waals surface area contributed by atoms with Gasteiger partial charge < -0.3 is 4.74 Å². The molecule has 1 heteroatoms. The maximum absolute atomic E-state index is 5.60. The standard InChI is InChI=1S/C16H12O/c1-2-17-16-14-9-5-3-7-12(14)11-13-8-4-6-10-15(13)16/h2-11H,1H2. The molecular weight excluding hydrogens is 208 g/mol. The summed E-state index contributed by atoms with van der Waals surface area (Å²) in [5, 5.41) is 4.60. The van der Waals surface area contributed by atoms with Crippen LogP contribution in [0, 0.1) is 0 Å². The molecule has 0 fully saturated rings. The summed E-state index contributed by atoms with van der Waals surface area (Å²) in [7, 11) is 0. The predicted octanol–water partition coefficient (Wildman–Crippen LogP) is 4.52. The van der Waals surface area contributed by atoms with Crippen molar-refractivity contribution >= 4 is 21.5 Å². The molecule has 0 aliphatic heterocycles. The maximum atomic E-state index is 5.60. The summed E-state index contributed by atoms with van der Waals surface area (Å²) in [6.45, 7) is 3.65. The molecule has 3 aromatic rings. The second kappa shape index (κ2) is 3.95. The van der Waals surface area contributed by atoms with Crippen molar-refractivity contribution in [3.8, 4) is 5.75 Å². The Morgan fingerprint density at radius 2 is 1.35 bits per heavy atom. The van der Waals surface area contributed by atoms with Crippen LogP contribution in [0.5, 0.6) is 5.75 Å². The van der Waals surface area contributed by atoms with Crippen molar-refractivity contribution in [2.24, 2.45) is 0 Å². The first-order valence-corrected chi connectivity index (χ1v) is 5.58. The summed E-state index contributed by atoms with van der Waals surface area (Å²) in [4.78, 5) is 0. The van der Waals surface area contributed by atoms with Gasteiger partial charge in [-0.3, -0.25) is 0 Å². The minimum Gasteiger partial charge on any atom is -0.464 e. The van der Waals surface area contributed by atoms with E-state index in [1.807, 2.05) is 24.3 Å². The van der Waals surface area contributed by atoms with Crippen molar-refractivity contribution in [2.75, 3.05) is 0 Å². The lowest BCUT2D eigenvalue weighted by atomic mass is 10.0. The van der Waals surface area contributed by atoms with Crippen LogP contribution in [0.4, 0.5) is 0 Å². The molecule has 0 aliphatic rings. The van der Waals surface area contributed by atoms with Crippen molar-refractivity contribution in [3.63, 3.8) is 0 Å². The molecule has 0 bridgehead atoms. The highest BCUT2D eigenvalue weighted by atomic mass is 16.5. The third-order valence-corrected chi connectivity index (χ3v) is 2.92. The minimum atomic E-state index is 0.883. The van der Waals surface area contributed by atoms with E-state index < -0.39 is 0 Å². The van der Waals surface area contributed by atoms with Gasteiger partial charge in [0.05, 0.1) is 6.26 Å². The lowest BCUT2D eigenvalue weighted by molar-refractivity contribution is 0.495. The fourth-order valence-corrected chi connectivity index (χ4v) is 2.18. The van der Waals surface area contributed by atoms with Crippen LogP contribution in [-0.2, 0) is 0 Å². The largest absolute Gasteiger partial charge is 0.464 e. The number of ether oxygens (including phenoxy) is 1. The lowest BCUT2D eigenvalue weighted by Gasteiger charge is -2.09. The molecule has 1 nitrogen and oxygen atoms in total. The molecule has 3 aromatic carbocycles. The Hall–Kier alpha value is -2.28. The number of fused-ring (bicyclic) bond motifs is 2. The van der Waals surface area contributed by atoms with Gasteiger partial charge in [-0.25, -0.2) is 0 Å². The van der Waals surface area contributed by atoms with E-state index in [1.54, 1.807) is 0 Å². The van der Waals surface area contributed by atoms with Gasteiger partial charge in [-0.2, -0.15) is 0 Å². The number of hydrogen-bond donors (Lipinski definition) is 0. The summed E-state index contributed by atoms with van der Waals surface area (Å²) >= 11 is 0. The first-order valence-electron chi connectivity index (χ1n) is 5.58. The Labute approximate surface area is 99.9 Å². The van der Waals surface area contributed by atoms with Crippen molar-refractivity contribution in [1.29, 1.82) is 0 Å². The number of benzene rings is 3. The van der Waals surface area contributed by atoms with E-state index in [9.17, 15) is 0 Å². The smallest absolute Gasteiger partial charge is 0.142 e. The van der Waals surface area contributed by atoms with E-state index in [4.69, 9.17) is 4.74 Å². The molecular formula is C16H12O. The van der Waals surface area contributed by atoms with Gasteiger partial charge in [-0.1, -0.05) is 55.1 Å². The molecule has 17 heavy (non-hydrogen) atoms. The first-order chi connectivity index (χ1) is 8.40. The fraction of sp³-hybridized carbons (Fsp3) is 0. The highest BCUT2D eigenvalue weighted by Crippen LogP contribution is 2.34. The SMILES string of the molecule is C=COc1c2ccccc2cc2ccccc12. The Kier molecular flexibility index (Phi) is 2.30. The van der Waals surface area contributed by atoms with Gasteiger partial charge in [0, 0.05) is 10.8 Å². The summed E-state index contributed by atoms with van der Waals surface area (Å²) < 4.78 is 5.60. The van der Waals surface area contributed by atoms with Gasteiger partial charge in [0.2, 0.25) is 0 Å². The molecule has 0 aromatic heterocycles. The van der Waals surface area contributed by atoms with Crippen molar-refractivity contribution in [2.45, 2.75) is 0 Å². The third kappa shape index (κ3) is 1.56. The Balaban J connectivity index is 2.51. The Bertz CT molecular complexity index is 644. The molecule has 3 rings (SSSR count). The molecule has 0 unspecified atom stereocenters. The molecule has 0 spiro atoms. The molecule has 0 saturated carbocycles. The third-order valence-electron chi connectivity index (χ3n) is 2.92. The van der Waals surface area contributed by atoms with E-state index in [1.165, 1.54) is 17.0 Å². The molecule has 82 valence electrons. The zero-order chi connectivity index (χ0) is 11.7. The van der Waals surface area contributed by atoms with E-state index >= 15 is 0 Å². The summed E-state index contributed by atoms with van der Waals surface area (Å²) in [5.41, 5.74) is 0. The predicted molar refractivity (Wildman–Crippen MR) is 72.3 cm³/mol. The maximum Gasteiger partial charge on any atom is 0.142 e. The Morgan fingerprint density at radius 3 is 1.88 bits per heavy atom. The average molecular weight is 220 g/mol. The monoisotopic (exact) mass is 220 g/mol. The van der Waals surface area contributed by atoms with Crippen molar-refractivity contribution in [1.82, 2.24) is 0 Å². The van der Waals surface area contributed by atoms with E-state index in [-0.39, 0.29) is 0 Å². The van der Waals surface area contributed by atoms with Crippen LogP contribution >= 0.6 is 0 Å². The summed E-state index contributed by atoms with van der Waals surface area (Å²) in [6.07, 6.45) is 1.48. The Morgan fingerprint density at radius 1 is 0.824 bits per heavy atom. The molecule has 0 heterocycles. The summed E-state index contributed by atoms with van der Waals surface area (Å²) in [5.74, 6) is 0.883. The molecule has 0 amide bonds. The van der Waals surface area contributed by atoms with Crippen LogP contribution in [0.1, 0.15) is 0 Å². The second-order valence-electron chi connectivity index (χ2n) is 3.93. The molecule has 0 aliphatic carbocycles. The normalized spacial score (nSPS) is 10.6. The van der Waals surface area contributed by atoms with Crippen LogP contribution in [0.25, 0.3) is 21.5 Å². The second-order valence-corrected chi connectivity index (χ2v) is 3.93. The van der Waals surface area contributed by atoms with Crippen LogP contribution in [0.3, 0.4) is 0 Å². The van der Waals surface area contributed by atoms with Gasteiger partial charge in [0.1, 0.15) is 5.75 Å². The van der Waals surface area contributed by atoms with Crippen LogP contribution < -0.4 is 4.74 Å². The van der Waals surface area contributed by atoms with Crippen LogP contribution in [0.15, 0.2) is 67.4 Å². The van der Waals surface area contributed by atoms with Crippen LogP contribution in [-0.4, -0.2) is 0 Å². The molecule has 0 atom stereocenters. The number of rotatable bonds is 2. The summed E-state index contributed by atoms with van der Waals surface area (Å²) in [6, 6.07) is 18.6. The minimum absolute atomic E-state index is 0.883. The van der Waals surface area contributed by atoms with Gasteiger partial charge in [-0.05, 0) is 16.8 Å². The van der Waals surface area contributed by atoms with Crippen LogP contribution in [0.2, 0.25) is 0 Å². The van der Waals surface area contributed by atoms with Gasteiger partial charge in [0.15, 0.2) is 0 Å². The molecule has 0 N–H and O–H groups in total. The van der Waals surface area contributed by atoms with Crippen molar-refractivity contribution < 1.29 is 4.74 Å². The molecule has 0 radical (unpaired) electrons. The van der Waals surface area contributed by atoms with E-state index in [0.717, 1.165) is 16.5 Å². The number of hydrogen-bond acceptors (Lipinski definition) is 1. The molecule has 0 saturated heterocycles. The topological polar surface area (TPSA) is 9.23 Å². The van der Waals surface area contributed by atoms with Gasteiger partial charge in [0.25, 0.3) is 0 Å². The zero-order valence-electron chi connectivity index (χ0n) is 9.39. The quantitative estimate of drug-likeness (QED) is 0.456. The van der Waals surface area contributed by atoms with Crippen molar-refractivity contribution in [3.05, 3.63) is 67.4 Å². The fourth-order valence-electron chi connectivity index (χ4n) is 2.18. The van der Waals surface area contributed by atoms with Gasteiger partial charge in [-0.15, -0.1) is 0 Å². The first kappa shape index (κ1) is 9.91. The van der Waals surface area contributed by atoms with Gasteiger partial charge >= 0.3 is 0 Å². The highest BCUT2D eigenvalue weighted by molar-refractivity contribution is 6.05. The lowest BCUT2D eigenvalue weighted by Crippen LogP contribution is -1.86. The van der Waals surface area contributed by atoms with E-state index in [0.29, 0.717) is 0 Å². The highest BCUT2D eigenvalue weighted by Gasteiger charge is 2.06. The zero-order valence-corrected chi connectivity index (χ0v) is 9.39.